The van der Waals surface area contributed by atoms with E-state index >= 15 is 0 Å². The van der Waals surface area contributed by atoms with Crippen LogP contribution in [-0.2, 0) is 9.59 Å². The first-order chi connectivity index (χ1) is 33.8. The van der Waals surface area contributed by atoms with E-state index in [0.29, 0.717) is 19.3 Å². The number of aliphatic hydroxyl groups is 3. The average molecular weight is 984 g/mol. The van der Waals surface area contributed by atoms with E-state index in [9.17, 15) is 9.59 Å². The van der Waals surface area contributed by atoms with E-state index in [1.165, 1.54) is 295 Å². The van der Waals surface area contributed by atoms with Gasteiger partial charge in [0.15, 0.2) is 0 Å². The van der Waals surface area contributed by atoms with Crippen molar-refractivity contribution in [1.29, 1.82) is 0 Å². The third-order valence-corrected chi connectivity index (χ3v) is 14.7. The van der Waals surface area contributed by atoms with Crippen molar-refractivity contribution in [2.75, 3.05) is 19.8 Å². The van der Waals surface area contributed by atoms with Crippen molar-refractivity contribution in [1.82, 2.24) is 0 Å². The number of aliphatic hydroxyl groups excluding tert-OH is 3. The third-order valence-electron chi connectivity index (χ3n) is 14.7. The molecule has 0 atom stereocenters. The van der Waals surface area contributed by atoms with Gasteiger partial charge in [0, 0.05) is 18.3 Å². The molecule has 0 aromatic rings. The van der Waals surface area contributed by atoms with E-state index in [0.717, 1.165) is 25.7 Å². The zero-order valence-corrected chi connectivity index (χ0v) is 47.2. The quantitative estimate of drug-likeness (QED) is 0.0383. The Morgan fingerprint density at radius 3 is 0.464 bits per heavy atom. The number of unbranched alkanes of at least 4 members (excludes halogenated alkanes) is 48. The van der Waals surface area contributed by atoms with E-state index in [2.05, 4.69) is 13.8 Å². The highest BCUT2D eigenvalue weighted by Crippen LogP contribution is 2.20. The fourth-order valence-electron chi connectivity index (χ4n) is 9.32. The van der Waals surface area contributed by atoms with Crippen LogP contribution >= 0.6 is 0 Å². The lowest BCUT2D eigenvalue weighted by molar-refractivity contribution is -0.138. The SMILES string of the molecule is CCC(CO)(CO)CO.CCCCCCCCCCCCCCCCCCCCCCCCCCCC(=O)O.CCCCCCCCCCCCCCCCCCCCCCCCCCCC(=O)O. The molecule has 0 aliphatic carbocycles. The number of carbonyl (C=O) groups is 2. The topological polar surface area (TPSA) is 135 Å². The van der Waals surface area contributed by atoms with Gasteiger partial charge in [-0.25, -0.2) is 0 Å². The van der Waals surface area contributed by atoms with Gasteiger partial charge in [-0.05, 0) is 19.3 Å². The summed E-state index contributed by atoms with van der Waals surface area (Å²) in [6.07, 6.45) is 70.6. The molecule has 0 saturated carbocycles. The molecule has 0 aliphatic rings. The molecular formula is C62H126O7. The highest BCUT2D eigenvalue weighted by molar-refractivity contribution is 5.66. The largest absolute Gasteiger partial charge is 0.481 e. The maximum absolute atomic E-state index is 10.4. The Bertz CT molecular complexity index is 856. The molecule has 0 aromatic carbocycles. The molecule has 0 aliphatic heterocycles. The standard InChI is InChI=1S/2C28H56O2.C6H14O3/c2*1-2-3-4-5-6-7-8-9-10-11-12-13-14-15-16-17-18-19-20-21-22-23-24-25-26-27-28(29)30;1-2-6(3-7,4-8)5-9/h2*2-27H2,1H3,(H,29,30);7-9H,2-5H2,1H3. The van der Waals surface area contributed by atoms with E-state index in [4.69, 9.17) is 25.5 Å². The van der Waals surface area contributed by atoms with Crippen LogP contribution in [0.3, 0.4) is 0 Å². The highest BCUT2D eigenvalue weighted by Gasteiger charge is 2.25. The van der Waals surface area contributed by atoms with E-state index in [-0.39, 0.29) is 19.8 Å². The van der Waals surface area contributed by atoms with Crippen LogP contribution in [0.25, 0.3) is 0 Å². The predicted molar refractivity (Wildman–Crippen MR) is 301 cm³/mol. The first kappa shape index (κ1) is 72.1. The first-order valence-corrected chi connectivity index (χ1v) is 31.0. The Kier molecular flexibility index (Phi) is 67.7. The monoisotopic (exact) mass is 983 g/mol. The molecule has 0 radical (unpaired) electrons. The fourth-order valence-corrected chi connectivity index (χ4v) is 9.32. The number of hydrogen-bond donors (Lipinski definition) is 5. The molecule has 7 nitrogen and oxygen atoms in total. The molecule has 5 N–H and O–H groups in total. The summed E-state index contributed by atoms with van der Waals surface area (Å²) < 4.78 is 0. The number of hydrogen-bond acceptors (Lipinski definition) is 5. The van der Waals surface area contributed by atoms with Crippen molar-refractivity contribution in [3.8, 4) is 0 Å². The van der Waals surface area contributed by atoms with Gasteiger partial charge in [-0.3, -0.25) is 9.59 Å². The zero-order chi connectivity index (χ0) is 51.3. The smallest absolute Gasteiger partial charge is 0.303 e. The first-order valence-electron chi connectivity index (χ1n) is 31.0. The zero-order valence-electron chi connectivity index (χ0n) is 47.2. The second-order valence-electron chi connectivity index (χ2n) is 21.6. The second-order valence-corrected chi connectivity index (χ2v) is 21.6. The van der Waals surface area contributed by atoms with Crippen LogP contribution in [0.2, 0.25) is 0 Å². The molecule has 7 heteroatoms. The van der Waals surface area contributed by atoms with Crippen LogP contribution in [0.15, 0.2) is 0 Å². The van der Waals surface area contributed by atoms with Gasteiger partial charge >= 0.3 is 11.9 Å². The van der Waals surface area contributed by atoms with Gasteiger partial charge < -0.3 is 25.5 Å². The van der Waals surface area contributed by atoms with Gasteiger partial charge in [0.2, 0.25) is 0 Å². The van der Waals surface area contributed by atoms with E-state index in [1.54, 1.807) is 0 Å². The maximum atomic E-state index is 10.4. The van der Waals surface area contributed by atoms with Crippen molar-refractivity contribution in [2.24, 2.45) is 5.41 Å². The van der Waals surface area contributed by atoms with Crippen LogP contribution in [0.5, 0.6) is 0 Å². The Labute approximate surface area is 431 Å². The lowest BCUT2D eigenvalue weighted by Gasteiger charge is -2.24. The lowest BCUT2D eigenvalue weighted by Crippen LogP contribution is -2.32. The Balaban J connectivity index is -0.00000107. The van der Waals surface area contributed by atoms with Crippen molar-refractivity contribution in [3.05, 3.63) is 0 Å². The summed E-state index contributed by atoms with van der Waals surface area (Å²) in [4.78, 5) is 20.9. The molecule has 0 aromatic heterocycles. The van der Waals surface area contributed by atoms with Crippen LogP contribution in [-0.4, -0.2) is 57.3 Å². The minimum absolute atomic E-state index is 0.156. The van der Waals surface area contributed by atoms with E-state index in [1.807, 2.05) is 6.92 Å². The van der Waals surface area contributed by atoms with Crippen molar-refractivity contribution >= 4 is 11.9 Å². The molecule has 0 saturated heterocycles. The number of aliphatic carboxylic acids is 2. The lowest BCUT2D eigenvalue weighted by atomic mass is 9.88. The van der Waals surface area contributed by atoms with Crippen LogP contribution in [0.4, 0.5) is 0 Å². The summed E-state index contributed by atoms with van der Waals surface area (Å²) in [6, 6.07) is 0. The summed E-state index contributed by atoms with van der Waals surface area (Å²) in [5, 5.41) is 43.2. The van der Waals surface area contributed by atoms with Gasteiger partial charge in [-0.1, -0.05) is 329 Å². The van der Waals surface area contributed by atoms with Gasteiger partial charge in [-0.2, -0.15) is 0 Å². The Hall–Kier alpha value is -1.18. The predicted octanol–water partition coefficient (Wildman–Crippen LogP) is 19.8. The number of rotatable bonds is 56. The molecule has 0 heterocycles. The summed E-state index contributed by atoms with van der Waals surface area (Å²) in [5.74, 6) is -1.30. The molecule has 0 bridgehead atoms. The van der Waals surface area contributed by atoms with Crippen molar-refractivity contribution in [3.63, 3.8) is 0 Å². The van der Waals surface area contributed by atoms with Gasteiger partial charge in [0.25, 0.3) is 0 Å². The Morgan fingerprint density at radius 2 is 0.377 bits per heavy atom. The van der Waals surface area contributed by atoms with E-state index < -0.39 is 17.4 Å². The summed E-state index contributed by atoms with van der Waals surface area (Å²) in [7, 11) is 0. The van der Waals surface area contributed by atoms with Crippen LogP contribution in [0.1, 0.15) is 361 Å². The Morgan fingerprint density at radius 1 is 0.246 bits per heavy atom. The molecule has 0 amide bonds. The summed E-state index contributed by atoms with van der Waals surface area (Å²) >= 11 is 0. The molecular weight excluding hydrogens is 857 g/mol. The molecule has 0 spiro atoms. The number of carboxylic acids is 2. The van der Waals surface area contributed by atoms with Gasteiger partial charge in [0.1, 0.15) is 0 Å². The average Bonchev–Trinajstić information content (AvgIpc) is 3.35. The maximum Gasteiger partial charge on any atom is 0.303 e. The summed E-state index contributed by atoms with van der Waals surface area (Å²) in [5.41, 5.74) is -0.667. The van der Waals surface area contributed by atoms with Crippen LogP contribution in [0, 0.1) is 5.41 Å². The van der Waals surface area contributed by atoms with Gasteiger partial charge in [0.05, 0.1) is 19.8 Å². The van der Waals surface area contributed by atoms with Crippen molar-refractivity contribution in [2.45, 2.75) is 361 Å². The minimum atomic E-state index is -0.667. The second kappa shape index (κ2) is 64.8. The summed E-state index contributed by atoms with van der Waals surface area (Å²) in [6.45, 7) is 5.94. The van der Waals surface area contributed by atoms with Crippen molar-refractivity contribution < 1.29 is 35.1 Å². The third kappa shape index (κ3) is 66.8. The van der Waals surface area contributed by atoms with Gasteiger partial charge in [-0.15, -0.1) is 0 Å². The minimum Gasteiger partial charge on any atom is -0.481 e. The number of carboxylic acid groups (broad SMARTS) is 2. The fraction of sp³-hybridized carbons (Fsp3) is 0.968. The molecule has 0 fully saturated rings. The molecule has 0 unspecified atom stereocenters. The molecule has 416 valence electrons. The van der Waals surface area contributed by atoms with Crippen LogP contribution < -0.4 is 0 Å². The molecule has 69 heavy (non-hydrogen) atoms. The normalized spacial score (nSPS) is 11.3. The molecule has 0 rings (SSSR count). The highest BCUT2D eigenvalue weighted by atomic mass is 16.4.